The maximum Gasteiger partial charge on any atom is 0.251 e. The van der Waals surface area contributed by atoms with Crippen LogP contribution in [0.3, 0.4) is 0 Å². The molecule has 0 spiro atoms. The molecule has 3 N–H and O–H groups in total. The van der Waals surface area contributed by atoms with E-state index in [1.807, 2.05) is 30.3 Å². The molecule has 0 heterocycles. The van der Waals surface area contributed by atoms with Crippen LogP contribution in [0.1, 0.15) is 48.1 Å². The molecule has 2 aromatic rings. The summed E-state index contributed by atoms with van der Waals surface area (Å²) < 4.78 is 0. The standard InChI is InChI=1S/C25H30ClN3O2/c1-3-21(29-24(30)16-9-11-17(26)12-10-16)22-19-13-18(14-20(19)22)28-23(25(31)27-2)15-7-5-4-6-8-15/h4-12,18-23,28H,3,13-14H2,1-2H3,(H,27,31)(H,29,30). The van der Waals surface area contributed by atoms with E-state index in [1.165, 1.54) is 0 Å². The third-order valence-corrected chi connectivity index (χ3v) is 7.13. The molecule has 164 valence electrons. The monoisotopic (exact) mass is 439 g/mol. The fraction of sp³-hybridized carbons (Fsp3) is 0.440. The van der Waals surface area contributed by atoms with Gasteiger partial charge < -0.3 is 10.6 Å². The van der Waals surface area contributed by atoms with Gasteiger partial charge in [0.15, 0.2) is 0 Å². The molecule has 2 fully saturated rings. The second-order valence-electron chi connectivity index (χ2n) is 8.69. The van der Waals surface area contributed by atoms with Crippen molar-refractivity contribution in [3.05, 3.63) is 70.7 Å². The van der Waals surface area contributed by atoms with Crippen LogP contribution in [0.25, 0.3) is 0 Å². The number of hydrogen-bond acceptors (Lipinski definition) is 3. The molecule has 4 rings (SSSR count). The van der Waals surface area contributed by atoms with Gasteiger partial charge in [-0.15, -0.1) is 0 Å². The summed E-state index contributed by atoms with van der Waals surface area (Å²) in [6.45, 7) is 2.13. The Hall–Kier alpha value is -2.37. The van der Waals surface area contributed by atoms with Crippen LogP contribution in [0.5, 0.6) is 0 Å². The summed E-state index contributed by atoms with van der Waals surface area (Å²) in [6, 6.07) is 17.1. The zero-order valence-corrected chi connectivity index (χ0v) is 18.7. The number of likely N-dealkylation sites (N-methyl/N-ethyl adjacent to an activating group) is 1. The smallest absolute Gasteiger partial charge is 0.251 e. The summed E-state index contributed by atoms with van der Waals surface area (Å²) in [5.41, 5.74) is 1.63. The van der Waals surface area contributed by atoms with E-state index >= 15 is 0 Å². The number of amides is 2. The van der Waals surface area contributed by atoms with E-state index in [-0.39, 0.29) is 23.9 Å². The molecule has 6 heteroatoms. The fourth-order valence-electron chi connectivity index (χ4n) is 5.30. The van der Waals surface area contributed by atoms with Crippen molar-refractivity contribution in [1.29, 1.82) is 0 Å². The Kier molecular flexibility index (Phi) is 6.63. The number of rotatable bonds is 8. The second-order valence-corrected chi connectivity index (χ2v) is 9.13. The Morgan fingerprint density at radius 1 is 1.03 bits per heavy atom. The van der Waals surface area contributed by atoms with Crippen LogP contribution in [0.2, 0.25) is 5.02 Å². The van der Waals surface area contributed by atoms with Crippen molar-refractivity contribution in [3.63, 3.8) is 0 Å². The molecule has 0 aliphatic heterocycles. The van der Waals surface area contributed by atoms with Crippen molar-refractivity contribution in [1.82, 2.24) is 16.0 Å². The van der Waals surface area contributed by atoms with Crippen LogP contribution < -0.4 is 16.0 Å². The Balaban J connectivity index is 1.34. The molecule has 2 aromatic carbocycles. The highest BCUT2D eigenvalue weighted by molar-refractivity contribution is 6.30. The Morgan fingerprint density at radius 3 is 2.26 bits per heavy atom. The predicted molar refractivity (Wildman–Crippen MR) is 123 cm³/mol. The summed E-state index contributed by atoms with van der Waals surface area (Å²) in [5, 5.41) is 10.2. The zero-order valence-electron chi connectivity index (χ0n) is 18.0. The number of carbonyl (C=O) groups excluding carboxylic acids is 2. The maximum absolute atomic E-state index is 12.6. The molecule has 2 aliphatic rings. The van der Waals surface area contributed by atoms with Crippen molar-refractivity contribution < 1.29 is 9.59 Å². The molecule has 2 amide bonds. The molecular formula is C25H30ClN3O2. The van der Waals surface area contributed by atoms with Gasteiger partial charge in [0.2, 0.25) is 5.91 Å². The largest absolute Gasteiger partial charge is 0.358 e. The quantitative estimate of drug-likeness (QED) is 0.583. The highest BCUT2D eigenvalue weighted by atomic mass is 35.5. The van der Waals surface area contributed by atoms with Crippen molar-refractivity contribution in [2.24, 2.45) is 17.8 Å². The minimum absolute atomic E-state index is 0.00927. The summed E-state index contributed by atoms with van der Waals surface area (Å²) in [5.74, 6) is 1.69. The van der Waals surface area contributed by atoms with E-state index < -0.39 is 0 Å². The number of carbonyl (C=O) groups is 2. The fourth-order valence-corrected chi connectivity index (χ4v) is 5.42. The van der Waals surface area contributed by atoms with Crippen molar-refractivity contribution in [2.75, 3.05) is 7.05 Å². The van der Waals surface area contributed by atoms with Gasteiger partial charge in [-0.25, -0.2) is 0 Å². The first kappa shape index (κ1) is 21.8. The van der Waals surface area contributed by atoms with E-state index in [9.17, 15) is 9.59 Å². The molecular weight excluding hydrogens is 410 g/mol. The Bertz CT molecular complexity index is 906. The van der Waals surface area contributed by atoms with E-state index in [2.05, 4.69) is 22.9 Å². The van der Waals surface area contributed by atoms with Gasteiger partial charge in [-0.3, -0.25) is 14.9 Å². The van der Waals surface area contributed by atoms with Gasteiger partial charge in [-0.2, -0.15) is 0 Å². The summed E-state index contributed by atoms with van der Waals surface area (Å²) in [7, 11) is 1.68. The third kappa shape index (κ3) is 4.78. The molecule has 0 aromatic heterocycles. The Morgan fingerprint density at radius 2 is 1.68 bits per heavy atom. The van der Waals surface area contributed by atoms with Gasteiger partial charge in [0.25, 0.3) is 5.91 Å². The van der Waals surface area contributed by atoms with E-state index in [4.69, 9.17) is 11.6 Å². The second kappa shape index (κ2) is 9.41. The molecule has 0 saturated heterocycles. The molecule has 2 saturated carbocycles. The lowest BCUT2D eigenvalue weighted by Crippen LogP contribution is -2.42. The van der Waals surface area contributed by atoms with Gasteiger partial charge in [0, 0.05) is 29.7 Å². The summed E-state index contributed by atoms with van der Waals surface area (Å²) in [6.07, 6.45) is 3.01. The number of benzene rings is 2. The molecule has 0 radical (unpaired) electrons. The topological polar surface area (TPSA) is 70.2 Å². The van der Waals surface area contributed by atoms with E-state index in [1.54, 1.807) is 31.3 Å². The summed E-state index contributed by atoms with van der Waals surface area (Å²) in [4.78, 5) is 25.1. The van der Waals surface area contributed by atoms with Crippen LogP contribution in [0, 0.1) is 17.8 Å². The Labute approximate surface area is 188 Å². The van der Waals surface area contributed by atoms with Crippen LogP contribution in [0.15, 0.2) is 54.6 Å². The zero-order chi connectivity index (χ0) is 22.0. The minimum Gasteiger partial charge on any atom is -0.358 e. The van der Waals surface area contributed by atoms with Crippen LogP contribution >= 0.6 is 11.6 Å². The first-order chi connectivity index (χ1) is 15.0. The molecule has 2 aliphatic carbocycles. The lowest BCUT2D eigenvalue weighted by molar-refractivity contribution is -0.123. The van der Waals surface area contributed by atoms with Crippen molar-refractivity contribution >= 4 is 23.4 Å². The maximum atomic E-state index is 12.6. The molecule has 4 atom stereocenters. The number of halogens is 1. The van der Waals surface area contributed by atoms with Crippen molar-refractivity contribution in [3.8, 4) is 0 Å². The average Bonchev–Trinajstić information content (AvgIpc) is 3.29. The number of fused-ring (bicyclic) bond motifs is 1. The highest BCUT2D eigenvalue weighted by Crippen LogP contribution is 2.59. The SMILES string of the molecule is CCC(NC(=O)c1ccc(Cl)cc1)C1C2CC(NC(C(=O)NC)c3ccccc3)CC21. The lowest BCUT2D eigenvalue weighted by atomic mass is 9.97. The highest BCUT2D eigenvalue weighted by Gasteiger charge is 2.58. The molecule has 0 bridgehead atoms. The number of hydrogen-bond donors (Lipinski definition) is 3. The van der Waals surface area contributed by atoms with Gasteiger partial charge in [0.1, 0.15) is 6.04 Å². The molecule has 31 heavy (non-hydrogen) atoms. The first-order valence-corrected chi connectivity index (χ1v) is 11.5. The van der Waals surface area contributed by atoms with Gasteiger partial charge in [-0.1, -0.05) is 48.9 Å². The molecule has 5 nitrogen and oxygen atoms in total. The minimum atomic E-state index is -0.335. The van der Waals surface area contributed by atoms with Crippen LogP contribution in [0.4, 0.5) is 0 Å². The van der Waals surface area contributed by atoms with E-state index in [0.717, 1.165) is 24.8 Å². The van der Waals surface area contributed by atoms with Crippen LogP contribution in [-0.2, 0) is 4.79 Å². The van der Waals surface area contributed by atoms with E-state index in [0.29, 0.717) is 34.4 Å². The summed E-state index contributed by atoms with van der Waals surface area (Å²) >= 11 is 5.93. The average molecular weight is 440 g/mol. The molecule has 4 unspecified atom stereocenters. The third-order valence-electron chi connectivity index (χ3n) is 6.88. The van der Waals surface area contributed by atoms with Gasteiger partial charge in [-0.05, 0) is 66.8 Å². The van der Waals surface area contributed by atoms with Gasteiger partial charge in [0.05, 0.1) is 0 Å². The first-order valence-electron chi connectivity index (χ1n) is 11.1. The van der Waals surface area contributed by atoms with Crippen molar-refractivity contribution in [2.45, 2.75) is 44.3 Å². The lowest BCUT2D eigenvalue weighted by Gasteiger charge is -2.26. The predicted octanol–water partition coefficient (Wildman–Crippen LogP) is 3.95. The van der Waals surface area contributed by atoms with Gasteiger partial charge >= 0.3 is 0 Å². The number of nitrogens with one attached hydrogen (secondary N) is 3. The van der Waals surface area contributed by atoms with Crippen LogP contribution in [-0.4, -0.2) is 30.9 Å². The normalized spacial score (nSPS) is 25.9.